The van der Waals surface area contributed by atoms with E-state index >= 15 is 0 Å². The lowest BCUT2D eigenvalue weighted by Crippen LogP contribution is -2.46. The maximum Gasteiger partial charge on any atom is 0.371 e. The third-order valence-corrected chi connectivity index (χ3v) is 5.89. The monoisotopic (exact) mass is 317 g/mol. The SMILES string of the molecule is Cc1oc(C(=O)O)cc1S(=O)(=O)N(C)C1CCCCC1O. The number of aryl methyl sites for hydroxylation is 1. The number of aliphatic hydroxyl groups is 1. The lowest BCUT2D eigenvalue weighted by molar-refractivity contribution is 0.0637. The zero-order chi connectivity index (χ0) is 15.8. The van der Waals surface area contributed by atoms with Crippen molar-refractivity contribution in [2.45, 2.75) is 49.6 Å². The molecule has 0 saturated heterocycles. The maximum absolute atomic E-state index is 12.6. The summed E-state index contributed by atoms with van der Waals surface area (Å²) in [7, 11) is -2.49. The van der Waals surface area contributed by atoms with Gasteiger partial charge >= 0.3 is 5.97 Å². The van der Waals surface area contributed by atoms with Gasteiger partial charge in [-0.3, -0.25) is 0 Å². The molecule has 0 spiro atoms. The Bertz CT molecular complexity index is 635. The van der Waals surface area contributed by atoms with E-state index in [1.165, 1.54) is 14.0 Å². The standard InChI is InChI=1S/C13H19NO6S/c1-8-12(7-11(20-8)13(16)17)21(18,19)14(2)9-5-3-4-6-10(9)15/h7,9-10,15H,3-6H2,1-2H3,(H,16,17). The van der Waals surface area contributed by atoms with Gasteiger partial charge in [0, 0.05) is 13.1 Å². The van der Waals surface area contributed by atoms with Crippen LogP contribution in [-0.2, 0) is 10.0 Å². The van der Waals surface area contributed by atoms with Crippen LogP contribution in [-0.4, -0.2) is 48.1 Å². The number of rotatable bonds is 4. The fourth-order valence-corrected chi connectivity index (χ4v) is 4.25. The summed E-state index contributed by atoms with van der Waals surface area (Å²) in [5.74, 6) is -1.70. The van der Waals surface area contributed by atoms with Gasteiger partial charge in [-0.05, 0) is 19.8 Å². The minimum Gasteiger partial charge on any atom is -0.475 e. The average molecular weight is 317 g/mol. The molecule has 2 N–H and O–H groups in total. The number of likely N-dealkylation sites (N-methyl/N-ethyl adjacent to an activating group) is 1. The molecule has 0 amide bonds. The Hall–Kier alpha value is -1.38. The highest BCUT2D eigenvalue weighted by Crippen LogP contribution is 2.29. The van der Waals surface area contributed by atoms with Crippen LogP contribution in [0.15, 0.2) is 15.4 Å². The molecule has 1 saturated carbocycles. The minimum absolute atomic E-state index is 0.0320. The first-order valence-corrected chi connectivity index (χ1v) is 8.19. The molecule has 118 valence electrons. The number of carboxylic acids is 1. The lowest BCUT2D eigenvalue weighted by Gasteiger charge is -2.34. The predicted octanol–water partition coefficient (Wildman–Crippen LogP) is 1.21. The van der Waals surface area contributed by atoms with Crippen LogP contribution in [0.25, 0.3) is 0 Å². The van der Waals surface area contributed by atoms with E-state index in [4.69, 9.17) is 9.52 Å². The maximum atomic E-state index is 12.6. The summed E-state index contributed by atoms with van der Waals surface area (Å²) in [6.07, 6.45) is 2.17. The van der Waals surface area contributed by atoms with Gasteiger partial charge in [0.15, 0.2) is 0 Å². The third kappa shape index (κ3) is 2.97. The Morgan fingerprint density at radius 3 is 2.52 bits per heavy atom. The summed E-state index contributed by atoms with van der Waals surface area (Å²) in [5.41, 5.74) is 0. The van der Waals surface area contributed by atoms with Crippen molar-refractivity contribution >= 4 is 16.0 Å². The summed E-state index contributed by atoms with van der Waals surface area (Å²) < 4.78 is 31.3. The first-order chi connectivity index (χ1) is 9.75. The zero-order valence-corrected chi connectivity index (χ0v) is 12.8. The van der Waals surface area contributed by atoms with Crippen LogP contribution in [0.5, 0.6) is 0 Å². The second-order valence-electron chi connectivity index (χ2n) is 5.28. The molecule has 21 heavy (non-hydrogen) atoms. The number of sulfonamides is 1. The molecule has 8 heteroatoms. The average Bonchev–Trinajstić information content (AvgIpc) is 2.81. The fourth-order valence-electron chi connectivity index (χ4n) is 2.68. The van der Waals surface area contributed by atoms with Crippen molar-refractivity contribution in [2.75, 3.05) is 7.05 Å². The molecule has 1 aliphatic carbocycles. The molecule has 0 aliphatic heterocycles. The highest BCUT2D eigenvalue weighted by atomic mass is 32.2. The van der Waals surface area contributed by atoms with E-state index in [1.807, 2.05) is 0 Å². The lowest BCUT2D eigenvalue weighted by atomic mass is 9.93. The molecule has 0 bridgehead atoms. The highest BCUT2D eigenvalue weighted by molar-refractivity contribution is 7.89. The number of carboxylic acid groups (broad SMARTS) is 1. The van der Waals surface area contributed by atoms with Crippen molar-refractivity contribution in [1.29, 1.82) is 0 Å². The highest BCUT2D eigenvalue weighted by Gasteiger charge is 2.36. The molecular weight excluding hydrogens is 298 g/mol. The quantitative estimate of drug-likeness (QED) is 0.864. The molecule has 1 aromatic rings. The predicted molar refractivity (Wildman–Crippen MR) is 73.6 cm³/mol. The summed E-state index contributed by atoms with van der Waals surface area (Å²) in [6, 6.07) is 0.518. The van der Waals surface area contributed by atoms with Crippen LogP contribution in [0.3, 0.4) is 0 Å². The van der Waals surface area contributed by atoms with Crippen molar-refractivity contribution < 1.29 is 27.8 Å². The van der Waals surface area contributed by atoms with Crippen LogP contribution in [0.2, 0.25) is 0 Å². The van der Waals surface area contributed by atoms with Crippen molar-refractivity contribution in [1.82, 2.24) is 4.31 Å². The molecular formula is C13H19NO6S. The van der Waals surface area contributed by atoms with E-state index in [0.717, 1.165) is 23.2 Å². The number of carbonyl (C=O) groups is 1. The normalized spacial score (nSPS) is 23.4. The van der Waals surface area contributed by atoms with Crippen LogP contribution in [0.1, 0.15) is 42.0 Å². The Kier molecular flexibility index (Phi) is 4.40. The smallest absolute Gasteiger partial charge is 0.371 e. The Morgan fingerprint density at radius 2 is 2.00 bits per heavy atom. The number of hydrogen-bond acceptors (Lipinski definition) is 5. The largest absolute Gasteiger partial charge is 0.475 e. The second-order valence-corrected chi connectivity index (χ2v) is 7.24. The molecule has 1 heterocycles. The molecule has 1 aromatic heterocycles. The van der Waals surface area contributed by atoms with E-state index in [1.54, 1.807) is 0 Å². The van der Waals surface area contributed by atoms with Crippen LogP contribution in [0, 0.1) is 6.92 Å². The number of aromatic carboxylic acids is 1. The van der Waals surface area contributed by atoms with Crippen LogP contribution >= 0.6 is 0 Å². The van der Waals surface area contributed by atoms with Crippen LogP contribution < -0.4 is 0 Å². The summed E-state index contributed by atoms with van der Waals surface area (Å²) in [6.45, 7) is 1.41. The Labute approximate surface area is 123 Å². The van der Waals surface area contributed by atoms with Gasteiger partial charge in [-0.1, -0.05) is 12.8 Å². The van der Waals surface area contributed by atoms with Gasteiger partial charge in [-0.25, -0.2) is 13.2 Å². The first-order valence-electron chi connectivity index (χ1n) is 6.75. The van der Waals surface area contributed by atoms with Crippen molar-refractivity contribution in [3.63, 3.8) is 0 Å². The molecule has 1 fully saturated rings. The number of aliphatic hydroxyl groups excluding tert-OH is 1. The first kappa shape index (κ1) is 16.0. The fraction of sp³-hybridized carbons (Fsp3) is 0.615. The van der Waals surface area contributed by atoms with E-state index in [-0.39, 0.29) is 10.7 Å². The summed E-state index contributed by atoms with van der Waals surface area (Å²) >= 11 is 0. The molecule has 0 radical (unpaired) electrons. The van der Waals surface area contributed by atoms with E-state index in [9.17, 15) is 18.3 Å². The molecule has 1 aliphatic rings. The van der Waals surface area contributed by atoms with Gasteiger partial charge < -0.3 is 14.6 Å². The molecule has 7 nitrogen and oxygen atoms in total. The molecule has 2 rings (SSSR count). The zero-order valence-electron chi connectivity index (χ0n) is 11.9. The summed E-state index contributed by atoms with van der Waals surface area (Å²) in [4.78, 5) is 10.7. The topological polar surface area (TPSA) is 108 Å². The van der Waals surface area contributed by atoms with Gasteiger partial charge in [-0.15, -0.1) is 0 Å². The van der Waals surface area contributed by atoms with E-state index < -0.39 is 33.9 Å². The molecule has 2 atom stereocenters. The minimum atomic E-state index is -3.90. The van der Waals surface area contributed by atoms with Gasteiger partial charge in [0.25, 0.3) is 0 Å². The van der Waals surface area contributed by atoms with E-state index in [0.29, 0.717) is 12.8 Å². The van der Waals surface area contributed by atoms with Crippen molar-refractivity contribution in [2.24, 2.45) is 0 Å². The van der Waals surface area contributed by atoms with Crippen molar-refractivity contribution in [3.8, 4) is 0 Å². The van der Waals surface area contributed by atoms with Crippen molar-refractivity contribution in [3.05, 3.63) is 17.6 Å². The van der Waals surface area contributed by atoms with Gasteiger partial charge in [0.2, 0.25) is 15.8 Å². The Morgan fingerprint density at radius 1 is 1.38 bits per heavy atom. The number of furan rings is 1. The number of hydrogen-bond donors (Lipinski definition) is 2. The second kappa shape index (κ2) is 5.78. The molecule has 2 unspecified atom stereocenters. The third-order valence-electron chi connectivity index (χ3n) is 3.90. The van der Waals surface area contributed by atoms with Crippen LogP contribution in [0.4, 0.5) is 0 Å². The van der Waals surface area contributed by atoms with Gasteiger partial charge in [0.05, 0.1) is 12.1 Å². The van der Waals surface area contributed by atoms with Gasteiger partial charge in [0.1, 0.15) is 10.7 Å². The number of nitrogens with zero attached hydrogens (tertiary/aromatic N) is 1. The molecule has 0 aromatic carbocycles. The summed E-state index contributed by atoms with van der Waals surface area (Å²) in [5, 5.41) is 18.9. The Balaban J connectivity index is 2.34. The van der Waals surface area contributed by atoms with E-state index in [2.05, 4.69) is 0 Å². The van der Waals surface area contributed by atoms with Gasteiger partial charge in [-0.2, -0.15) is 4.31 Å².